The number of benzene rings is 2. The predicted octanol–water partition coefficient (Wildman–Crippen LogP) is 4.31. The second-order valence-corrected chi connectivity index (χ2v) is 9.56. The minimum atomic E-state index is -0.499. The number of carbonyl (C=O) groups is 3. The summed E-state index contributed by atoms with van der Waals surface area (Å²) < 4.78 is 6.57. The maximum atomic E-state index is 12.1. The van der Waals surface area contributed by atoms with Crippen LogP contribution in [0.3, 0.4) is 0 Å². The Morgan fingerprint density at radius 3 is 2.25 bits per heavy atom. The molecule has 32 heavy (non-hydrogen) atoms. The van der Waals surface area contributed by atoms with Crippen molar-refractivity contribution < 1.29 is 19.1 Å². The molecule has 0 fully saturated rings. The van der Waals surface area contributed by atoms with Crippen LogP contribution in [-0.2, 0) is 19.8 Å². The molecule has 2 aromatic carbocycles. The lowest BCUT2D eigenvalue weighted by Crippen LogP contribution is -2.44. The van der Waals surface area contributed by atoms with Crippen molar-refractivity contribution in [3.05, 3.63) is 57.6 Å². The third-order valence-electron chi connectivity index (χ3n) is 4.70. The molecule has 0 aromatic heterocycles. The highest BCUT2D eigenvalue weighted by molar-refractivity contribution is 9.10. The highest BCUT2D eigenvalue weighted by Gasteiger charge is 2.20. The minimum absolute atomic E-state index is 0.000574. The van der Waals surface area contributed by atoms with E-state index < -0.39 is 11.8 Å². The van der Waals surface area contributed by atoms with Gasteiger partial charge in [0.05, 0.1) is 0 Å². The third-order valence-corrected chi connectivity index (χ3v) is 5.19. The van der Waals surface area contributed by atoms with E-state index in [9.17, 15) is 14.4 Å². The van der Waals surface area contributed by atoms with E-state index in [1.54, 1.807) is 6.07 Å². The van der Waals surface area contributed by atoms with Gasteiger partial charge in [-0.3, -0.25) is 25.2 Å². The van der Waals surface area contributed by atoms with Crippen LogP contribution in [0.4, 0.5) is 5.69 Å². The van der Waals surface area contributed by atoms with E-state index >= 15 is 0 Å². The van der Waals surface area contributed by atoms with Gasteiger partial charge >= 0.3 is 0 Å². The Morgan fingerprint density at radius 2 is 1.56 bits per heavy atom. The fraction of sp³-hybridized carbons (Fsp3) is 0.375. The van der Waals surface area contributed by atoms with Crippen molar-refractivity contribution >= 4 is 39.3 Å². The van der Waals surface area contributed by atoms with Gasteiger partial charge in [0, 0.05) is 28.6 Å². The van der Waals surface area contributed by atoms with E-state index in [0.29, 0.717) is 5.75 Å². The highest BCUT2D eigenvalue weighted by Crippen LogP contribution is 2.33. The van der Waals surface area contributed by atoms with Crippen molar-refractivity contribution in [2.24, 2.45) is 0 Å². The summed E-state index contributed by atoms with van der Waals surface area (Å²) in [4.78, 5) is 36.1. The Morgan fingerprint density at radius 1 is 0.906 bits per heavy atom. The first-order valence-electron chi connectivity index (χ1n) is 10.3. The average Bonchev–Trinajstić information content (AvgIpc) is 2.71. The fourth-order valence-corrected chi connectivity index (χ4v) is 3.27. The summed E-state index contributed by atoms with van der Waals surface area (Å²) in [6.45, 7) is 9.75. The van der Waals surface area contributed by atoms with Crippen LogP contribution in [-0.4, -0.2) is 24.3 Å². The lowest BCUT2D eigenvalue weighted by atomic mass is 9.86. The standard InChI is InChI=1S/C24H30BrN3O4/c1-15-6-7-16(2)19(12-15)26-21(29)10-11-22(30)27-28-23(31)14-32-20-9-8-17(25)13-18(20)24(3,4)5/h6-9,12-13H,10-11,14H2,1-5H3,(H,26,29)(H,27,30)(H,28,31). The zero-order chi connectivity index (χ0) is 23.9. The Balaban J connectivity index is 1.76. The number of carbonyl (C=O) groups excluding carboxylic acids is 3. The van der Waals surface area contributed by atoms with Crippen molar-refractivity contribution in [2.45, 2.75) is 52.9 Å². The van der Waals surface area contributed by atoms with Gasteiger partial charge in [-0.25, -0.2) is 0 Å². The summed E-state index contributed by atoms with van der Waals surface area (Å²) in [6, 6.07) is 11.4. The van der Waals surface area contributed by atoms with Gasteiger partial charge in [-0.2, -0.15) is 0 Å². The predicted molar refractivity (Wildman–Crippen MR) is 128 cm³/mol. The molecule has 3 amide bonds. The fourth-order valence-electron chi connectivity index (χ4n) is 2.91. The first kappa shape index (κ1) is 25.4. The van der Waals surface area contributed by atoms with E-state index in [1.165, 1.54) is 0 Å². The van der Waals surface area contributed by atoms with Crippen LogP contribution in [0.2, 0.25) is 0 Å². The van der Waals surface area contributed by atoms with Crippen molar-refractivity contribution in [1.29, 1.82) is 0 Å². The number of rotatable bonds is 7. The number of ether oxygens (including phenoxy) is 1. The zero-order valence-electron chi connectivity index (χ0n) is 19.1. The molecule has 0 spiro atoms. The molecule has 0 aliphatic carbocycles. The molecule has 0 unspecified atom stereocenters. The highest BCUT2D eigenvalue weighted by atomic mass is 79.9. The number of hydrazine groups is 1. The van der Waals surface area contributed by atoms with Gasteiger partial charge in [0.25, 0.3) is 5.91 Å². The maximum absolute atomic E-state index is 12.1. The lowest BCUT2D eigenvalue weighted by Gasteiger charge is -2.23. The SMILES string of the molecule is Cc1ccc(C)c(NC(=O)CCC(=O)NNC(=O)COc2ccc(Br)cc2C(C)(C)C)c1. The number of amides is 3. The normalized spacial score (nSPS) is 10.9. The van der Waals surface area contributed by atoms with E-state index in [1.807, 2.05) is 44.2 Å². The van der Waals surface area contributed by atoms with Crippen molar-refractivity contribution in [3.63, 3.8) is 0 Å². The number of nitrogens with one attached hydrogen (secondary N) is 3. The molecule has 0 atom stereocenters. The molecule has 0 saturated heterocycles. The smallest absolute Gasteiger partial charge is 0.276 e. The molecular weight excluding hydrogens is 474 g/mol. The molecular formula is C24H30BrN3O4. The summed E-state index contributed by atoms with van der Waals surface area (Å²) in [6.07, 6.45) is -0.0574. The Kier molecular flexibility index (Phi) is 8.83. The Hall–Kier alpha value is -2.87. The van der Waals surface area contributed by atoms with Crippen molar-refractivity contribution in [2.75, 3.05) is 11.9 Å². The molecule has 0 radical (unpaired) electrons. The van der Waals surface area contributed by atoms with E-state index in [4.69, 9.17) is 4.74 Å². The van der Waals surface area contributed by atoms with E-state index in [0.717, 1.165) is 26.9 Å². The number of halogens is 1. The number of anilines is 1. The summed E-state index contributed by atoms with van der Waals surface area (Å²) in [5.41, 5.74) is 8.11. The second kappa shape index (κ2) is 11.1. The molecule has 172 valence electrons. The topological polar surface area (TPSA) is 96.5 Å². The average molecular weight is 504 g/mol. The summed E-state index contributed by atoms with van der Waals surface area (Å²) in [5, 5.41) is 2.80. The van der Waals surface area contributed by atoms with Crippen LogP contribution in [0.25, 0.3) is 0 Å². The summed E-state index contributed by atoms with van der Waals surface area (Å²) in [7, 11) is 0. The molecule has 7 nitrogen and oxygen atoms in total. The molecule has 2 aromatic rings. The van der Waals surface area contributed by atoms with Gasteiger partial charge in [0.2, 0.25) is 11.8 Å². The Labute approximate surface area is 197 Å². The first-order chi connectivity index (χ1) is 15.0. The molecule has 0 bridgehead atoms. The monoisotopic (exact) mass is 503 g/mol. The largest absolute Gasteiger partial charge is 0.483 e. The van der Waals surface area contributed by atoms with Gasteiger partial charge < -0.3 is 10.1 Å². The quantitative estimate of drug-likeness (QED) is 0.490. The van der Waals surface area contributed by atoms with Crippen LogP contribution in [0.1, 0.15) is 50.3 Å². The molecule has 0 heterocycles. The van der Waals surface area contributed by atoms with Gasteiger partial charge in [-0.05, 0) is 54.7 Å². The van der Waals surface area contributed by atoms with E-state index in [2.05, 4.69) is 52.9 Å². The number of hydrogen-bond donors (Lipinski definition) is 3. The number of hydrogen-bond acceptors (Lipinski definition) is 4. The maximum Gasteiger partial charge on any atom is 0.276 e. The van der Waals surface area contributed by atoms with Gasteiger partial charge in [0.15, 0.2) is 6.61 Å². The Bertz CT molecular complexity index is 999. The van der Waals surface area contributed by atoms with Crippen LogP contribution >= 0.6 is 15.9 Å². The van der Waals surface area contributed by atoms with Crippen LogP contribution < -0.4 is 20.9 Å². The summed E-state index contributed by atoms with van der Waals surface area (Å²) in [5.74, 6) is -0.631. The molecule has 2 rings (SSSR count). The van der Waals surface area contributed by atoms with Crippen LogP contribution in [0.15, 0.2) is 40.9 Å². The minimum Gasteiger partial charge on any atom is -0.483 e. The van der Waals surface area contributed by atoms with Gasteiger partial charge in [0.1, 0.15) is 5.75 Å². The third kappa shape index (κ3) is 8.00. The molecule has 8 heteroatoms. The van der Waals surface area contributed by atoms with E-state index in [-0.39, 0.29) is 30.8 Å². The van der Waals surface area contributed by atoms with Gasteiger partial charge in [-0.15, -0.1) is 0 Å². The van der Waals surface area contributed by atoms with Crippen molar-refractivity contribution in [3.8, 4) is 5.75 Å². The molecule has 3 N–H and O–H groups in total. The van der Waals surface area contributed by atoms with Crippen LogP contribution in [0, 0.1) is 13.8 Å². The van der Waals surface area contributed by atoms with Crippen LogP contribution in [0.5, 0.6) is 5.75 Å². The molecule has 0 saturated carbocycles. The zero-order valence-corrected chi connectivity index (χ0v) is 20.7. The van der Waals surface area contributed by atoms with Crippen molar-refractivity contribution in [1.82, 2.24) is 10.9 Å². The molecule has 0 aliphatic heterocycles. The molecule has 0 aliphatic rings. The number of aryl methyl sites for hydroxylation is 2. The first-order valence-corrected chi connectivity index (χ1v) is 11.1. The lowest BCUT2D eigenvalue weighted by molar-refractivity contribution is -0.130. The van der Waals surface area contributed by atoms with Gasteiger partial charge in [-0.1, -0.05) is 48.8 Å². The summed E-state index contributed by atoms with van der Waals surface area (Å²) >= 11 is 3.45. The second-order valence-electron chi connectivity index (χ2n) is 8.64.